The fourth-order valence-corrected chi connectivity index (χ4v) is 4.21. The molecule has 1 aromatic heterocycles. The minimum absolute atomic E-state index is 0.0935. The van der Waals surface area contributed by atoms with Crippen LogP contribution in [0.15, 0.2) is 78.9 Å². The number of nitrogens with one attached hydrogen (secondary N) is 2. The van der Waals surface area contributed by atoms with Crippen LogP contribution in [0.2, 0.25) is 0 Å². The van der Waals surface area contributed by atoms with Gasteiger partial charge in [-0.2, -0.15) is 0 Å². The van der Waals surface area contributed by atoms with Crippen molar-refractivity contribution in [3.8, 4) is 11.3 Å². The van der Waals surface area contributed by atoms with Crippen molar-refractivity contribution in [3.05, 3.63) is 90.2 Å². The topological polar surface area (TPSA) is 62.0 Å². The van der Waals surface area contributed by atoms with E-state index in [9.17, 15) is 12.8 Å². The van der Waals surface area contributed by atoms with Gasteiger partial charge in [-0.1, -0.05) is 42.5 Å². The van der Waals surface area contributed by atoms with E-state index < -0.39 is 10.0 Å². The maximum Gasteiger partial charge on any atom is 0.236 e. The molecular weight excluding hydrogens is 363 g/mol. The molecule has 0 amide bonds. The third kappa shape index (κ3) is 4.01. The first-order chi connectivity index (χ1) is 13.0. The summed E-state index contributed by atoms with van der Waals surface area (Å²) in [7, 11) is -3.53. The van der Waals surface area contributed by atoms with Crippen LogP contribution in [-0.4, -0.2) is 13.4 Å². The summed E-state index contributed by atoms with van der Waals surface area (Å²) in [4.78, 5) is 3.23. The summed E-state index contributed by atoms with van der Waals surface area (Å²) >= 11 is 0. The Labute approximate surface area is 156 Å². The number of sulfonamides is 1. The minimum Gasteiger partial charge on any atom is -0.355 e. The Bertz CT molecular complexity index is 1200. The largest absolute Gasteiger partial charge is 0.355 e. The van der Waals surface area contributed by atoms with Crippen LogP contribution in [0.4, 0.5) is 10.1 Å². The molecule has 0 spiro atoms. The van der Waals surface area contributed by atoms with E-state index in [2.05, 4.69) is 9.71 Å². The molecule has 0 atom stereocenters. The summed E-state index contributed by atoms with van der Waals surface area (Å²) in [5, 5.41) is 0.764. The number of aromatic nitrogens is 1. The molecule has 0 aliphatic carbocycles. The molecule has 0 fully saturated rings. The quantitative estimate of drug-likeness (QED) is 0.516. The molecule has 1 heterocycles. The van der Waals surface area contributed by atoms with Gasteiger partial charge in [-0.15, -0.1) is 0 Å². The summed E-state index contributed by atoms with van der Waals surface area (Å²) in [6.07, 6.45) is 0. The van der Waals surface area contributed by atoms with Crippen LogP contribution in [0.5, 0.6) is 0 Å². The van der Waals surface area contributed by atoms with Crippen molar-refractivity contribution in [2.24, 2.45) is 0 Å². The van der Waals surface area contributed by atoms with Crippen LogP contribution < -0.4 is 4.72 Å². The molecule has 0 unspecified atom stereocenters. The number of hydrogen-bond acceptors (Lipinski definition) is 2. The standard InChI is InChI=1S/C21H17FN2O2S/c22-18-9-10-20-17(11-18)13-21(23-20)16-7-4-8-19(12-16)24-27(25,26)14-15-5-2-1-3-6-15/h1-13,23-24H,14H2. The molecule has 0 radical (unpaired) electrons. The Balaban J connectivity index is 1.60. The van der Waals surface area contributed by atoms with Gasteiger partial charge in [0.1, 0.15) is 5.82 Å². The number of benzene rings is 3. The first-order valence-corrected chi connectivity index (χ1v) is 10.1. The Morgan fingerprint density at radius 3 is 2.52 bits per heavy atom. The normalized spacial score (nSPS) is 11.6. The van der Waals surface area contributed by atoms with Crippen LogP contribution >= 0.6 is 0 Å². The van der Waals surface area contributed by atoms with Crippen LogP contribution in [0.25, 0.3) is 22.2 Å². The Morgan fingerprint density at radius 2 is 1.70 bits per heavy atom. The van der Waals surface area contributed by atoms with Gasteiger partial charge in [0.15, 0.2) is 0 Å². The third-order valence-electron chi connectivity index (χ3n) is 4.23. The predicted octanol–water partition coefficient (Wildman–Crippen LogP) is 4.92. The van der Waals surface area contributed by atoms with Gasteiger partial charge in [0, 0.05) is 27.8 Å². The van der Waals surface area contributed by atoms with E-state index >= 15 is 0 Å². The number of fused-ring (bicyclic) bond motifs is 1. The number of anilines is 1. The molecule has 4 nitrogen and oxygen atoms in total. The predicted molar refractivity (Wildman–Crippen MR) is 106 cm³/mol. The summed E-state index contributed by atoms with van der Waals surface area (Å²) in [6.45, 7) is 0. The fraction of sp³-hybridized carbons (Fsp3) is 0.0476. The smallest absolute Gasteiger partial charge is 0.236 e. The van der Waals surface area contributed by atoms with Crippen molar-refractivity contribution in [3.63, 3.8) is 0 Å². The average molecular weight is 380 g/mol. The van der Waals surface area contributed by atoms with E-state index in [-0.39, 0.29) is 11.6 Å². The second-order valence-corrected chi connectivity index (χ2v) is 8.06. The van der Waals surface area contributed by atoms with Crippen LogP contribution in [0.3, 0.4) is 0 Å². The van der Waals surface area contributed by atoms with E-state index in [1.165, 1.54) is 12.1 Å². The van der Waals surface area contributed by atoms with E-state index in [1.807, 2.05) is 30.3 Å². The average Bonchev–Trinajstić information content (AvgIpc) is 3.05. The molecule has 0 bridgehead atoms. The molecule has 6 heteroatoms. The summed E-state index contributed by atoms with van der Waals surface area (Å²) in [5.74, 6) is -0.389. The lowest BCUT2D eigenvalue weighted by atomic mass is 10.1. The molecule has 4 aromatic rings. The highest BCUT2D eigenvalue weighted by Crippen LogP contribution is 2.27. The Morgan fingerprint density at radius 1 is 0.889 bits per heavy atom. The molecular formula is C21H17FN2O2S. The molecule has 0 aliphatic heterocycles. The van der Waals surface area contributed by atoms with E-state index in [1.54, 1.807) is 36.4 Å². The lowest BCUT2D eigenvalue weighted by Crippen LogP contribution is -2.15. The Kier molecular flexibility index (Phi) is 4.41. The highest BCUT2D eigenvalue weighted by atomic mass is 32.2. The van der Waals surface area contributed by atoms with Gasteiger partial charge in [0.05, 0.1) is 5.75 Å². The van der Waals surface area contributed by atoms with Crippen molar-refractivity contribution >= 4 is 26.6 Å². The first-order valence-electron chi connectivity index (χ1n) is 8.42. The highest BCUT2D eigenvalue weighted by Gasteiger charge is 2.12. The van der Waals surface area contributed by atoms with Crippen molar-refractivity contribution in [1.82, 2.24) is 4.98 Å². The van der Waals surface area contributed by atoms with E-state index in [0.29, 0.717) is 5.69 Å². The van der Waals surface area contributed by atoms with Crippen molar-refractivity contribution < 1.29 is 12.8 Å². The van der Waals surface area contributed by atoms with Crippen molar-refractivity contribution in [2.45, 2.75) is 5.75 Å². The molecule has 2 N–H and O–H groups in total. The van der Waals surface area contributed by atoms with Crippen molar-refractivity contribution in [2.75, 3.05) is 4.72 Å². The SMILES string of the molecule is O=S(=O)(Cc1ccccc1)Nc1cccc(-c2cc3cc(F)ccc3[nH]2)c1. The molecule has 27 heavy (non-hydrogen) atoms. The summed E-state index contributed by atoms with van der Waals surface area (Å²) < 4.78 is 40.9. The van der Waals surface area contributed by atoms with Gasteiger partial charge in [0.2, 0.25) is 10.0 Å². The zero-order chi connectivity index (χ0) is 18.9. The second-order valence-electron chi connectivity index (χ2n) is 6.34. The van der Waals surface area contributed by atoms with Gasteiger partial charge in [-0.25, -0.2) is 12.8 Å². The number of H-pyrrole nitrogens is 1. The fourth-order valence-electron chi connectivity index (χ4n) is 3.02. The lowest BCUT2D eigenvalue weighted by Gasteiger charge is -2.09. The summed E-state index contributed by atoms with van der Waals surface area (Å²) in [5.41, 5.74) is 3.62. The third-order valence-corrected chi connectivity index (χ3v) is 5.49. The maximum absolute atomic E-state index is 13.4. The zero-order valence-electron chi connectivity index (χ0n) is 14.3. The van der Waals surface area contributed by atoms with Gasteiger partial charge >= 0.3 is 0 Å². The molecule has 0 saturated carbocycles. The van der Waals surface area contributed by atoms with Crippen LogP contribution in [0, 0.1) is 5.82 Å². The number of rotatable bonds is 5. The monoisotopic (exact) mass is 380 g/mol. The van der Waals surface area contributed by atoms with Gasteiger partial charge in [-0.05, 0) is 42.0 Å². The summed E-state index contributed by atoms with van der Waals surface area (Å²) in [6, 6.07) is 22.5. The van der Waals surface area contributed by atoms with E-state index in [4.69, 9.17) is 0 Å². The Hall–Kier alpha value is -3.12. The van der Waals surface area contributed by atoms with Gasteiger partial charge < -0.3 is 4.98 Å². The highest BCUT2D eigenvalue weighted by molar-refractivity contribution is 7.91. The molecule has 136 valence electrons. The minimum atomic E-state index is -3.53. The first kappa shape index (κ1) is 17.3. The molecule has 0 saturated heterocycles. The molecule has 0 aliphatic rings. The van der Waals surface area contributed by atoms with E-state index in [0.717, 1.165) is 27.7 Å². The lowest BCUT2D eigenvalue weighted by molar-refractivity contribution is 0.600. The zero-order valence-corrected chi connectivity index (χ0v) is 15.1. The van der Waals surface area contributed by atoms with Gasteiger partial charge in [-0.3, -0.25) is 4.72 Å². The van der Waals surface area contributed by atoms with Crippen molar-refractivity contribution in [1.29, 1.82) is 0 Å². The number of aromatic amines is 1. The molecule has 3 aromatic carbocycles. The second kappa shape index (κ2) is 6.89. The number of halogens is 1. The van der Waals surface area contributed by atoms with Crippen LogP contribution in [-0.2, 0) is 15.8 Å². The van der Waals surface area contributed by atoms with Gasteiger partial charge in [0.25, 0.3) is 0 Å². The van der Waals surface area contributed by atoms with Crippen LogP contribution in [0.1, 0.15) is 5.56 Å². The number of hydrogen-bond donors (Lipinski definition) is 2. The maximum atomic E-state index is 13.4. The molecule has 4 rings (SSSR count).